The summed E-state index contributed by atoms with van der Waals surface area (Å²) in [5.74, 6) is 3.87. The van der Waals surface area contributed by atoms with Crippen LogP contribution in [0, 0.1) is 0 Å². The predicted octanol–water partition coefficient (Wildman–Crippen LogP) is 5.22. The van der Waals surface area contributed by atoms with Crippen LogP contribution in [-0.4, -0.2) is 60.4 Å². The Balaban J connectivity index is 0.000000185. The first-order valence-electron chi connectivity index (χ1n) is 13.8. The van der Waals surface area contributed by atoms with Crippen LogP contribution >= 0.6 is 11.6 Å². The van der Waals surface area contributed by atoms with Crippen molar-refractivity contribution in [1.82, 2.24) is 39.0 Å². The molecule has 0 spiro atoms. The van der Waals surface area contributed by atoms with Gasteiger partial charge in [0, 0.05) is 36.3 Å². The van der Waals surface area contributed by atoms with Gasteiger partial charge >= 0.3 is 0 Å². The monoisotopic (exact) mass is 637 g/mol. The number of hydrogen-bond acceptors (Lipinski definition) is 12. The van der Waals surface area contributed by atoms with E-state index >= 15 is 0 Å². The van der Waals surface area contributed by atoms with Gasteiger partial charge in [0.05, 0.1) is 43.4 Å². The number of anilines is 4. The average Bonchev–Trinajstić information content (AvgIpc) is 3.59. The SMILES string of the molecule is COc1cc(Nc2nccc(-n3c(N)nc4ccccc43)n2)cc(OC)c1OC.Nc1nc2ccccc2n1-c1ccnc(Cl)n1. The molecule has 0 unspecified atom stereocenters. The summed E-state index contributed by atoms with van der Waals surface area (Å²) in [6.45, 7) is 0. The minimum Gasteiger partial charge on any atom is -0.493 e. The lowest BCUT2D eigenvalue weighted by Crippen LogP contribution is -2.06. The van der Waals surface area contributed by atoms with Gasteiger partial charge in [0.1, 0.15) is 11.6 Å². The molecule has 3 aromatic carbocycles. The summed E-state index contributed by atoms with van der Waals surface area (Å²) < 4.78 is 19.6. The van der Waals surface area contributed by atoms with Crippen LogP contribution in [0.25, 0.3) is 33.7 Å². The maximum absolute atomic E-state index is 6.12. The van der Waals surface area contributed by atoms with Crippen LogP contribution < -0.4 is 31.0 Å². The van der Waals surface area contributed by atoms with Crippen LogP contribution in [-0.2, 0) is 0 Å². The van der Waals surface area contributed by atoms with Gasteiger partial charge in [0.15, 0.2) is 11.5 Å². The van der Waals surface area contributed by atoms with E-state index in [4.69, 9.17) is 37.3 Å². The Bertz CT molecular complexity index is 2140. The quantitative estimate of drug-likeness (QED) is 0.194. The fraction of sp³-hybridized carbons (Fsp3) is 0.0968. The fourth-order valence-corrected chi connectivity index (χ4v) is 4.98. The first kappa shape index (κ1) is 29.9. The van der Waals surface area contributed by atoms with E-state index in [9.17, 15) is 0 Å². The minimum absolute atomic E-state index is 0.180. The zero-order chi connectivity index (χ0) is 32.2. The summed E-state index contributed by atoms with van der Waals surface area (Å²) in [7, 11) is 4.68. The van der Waals surface area contributed by atoms with Crippen LogP contribution in [0.5, 0.6) is 17.2 Å². The van der Waals surface area contributed by atoms with Crippen molar-refractivity contribution in [1.29, 1.82) is 0 Å². The molecule has 14 nitrogen and oxygen atoms in total. The van der Waals surface area contributed by atoms with E-state index in [1.165, 1.54) is 0 Å². The summed E-state index contributed by atoms with van der Waals surface area (Å²) >= 11 is 5.77. The number of ether oxygens (including phenoxy) is 3. The lowest BCUT2D eigenvalue weighted by Gasteiger charge is -2.15. The molecule has 15 heteroatoms. The number of nitrogens with one attached hydrogen (secondary N) is 1. The van der Waals surface area contributed by atoms with E-state index in [0.717, 1.165) is 22.1 Å². The van der Waals surface area contributed by atoms with Gasteiger partial charge in [-0.25, -0.2) is 19.9 Å². The summed E-state index contributed by atoms with van der Waals surface area (Å²) in [5, 5.41) is 3.34. The topological polar surface area (TPSA) is 179 Å². The van der Waals surface area contributed by atoms with E-state index in [0.29, 0.717) is 52.4 Å². The summed E-state index contributed by atoms with van der Waals surface area (Å²) in [6, 6.07) is 22.4. The molecule has 0 aliphatic rings. The van der Waals surface area contributed by atoms with Crippen LogP contribution in [0.4, 0.5) is 23.5 Å². The fourth-order valence-electron chi connectivity index (χ4n) is 4.84. The molecule has 0 amide bonds. The molecule has 0 aliphatic heterocycles. The zero-order valence-electron chi connectivity index (χ0n) is 24.9. The second-order valence-electron chi connectivity index (χ2n) is 9.55. The highest BCUT2D eigenvalue weighted by molar-refractivity contribution is 6.28. The Morgan fingerprint density at radius 3 is 1.70 bits per heavy atom. The third kappa shape index (κ3) is 5.84. The number of methoxy groups -OCH3 is 3. The summed E-state index contributed by atoms with van der Waals surface area (Å²) in [6.07, 6.45) is 3.23. The highest BCUT2D eigenvalue weighted by atomic mass is 35.5. The third-order valence-corrected chi connectivity index (χ3v) is 6.99. The van der Waals surface area contributed by atoms with Crippen LogP contribution in [0.15, 0.2) is 85.2 Å². The van der Waals surface area contributed by atoms with Crippen molar-refractivity contribution in [3.63, 3.8) is 0 Å². The molecule has 5 N–H and O–H groups in total. The molecule has 7 rings (SSSR count). The number of nitrogens with zero attached hydrogens (tertiary/aromatic N) is 8. The first-order valence-corrected chi connectivity index (χ1v) is 14.1. The lowest BCUT2D eigenvalue weighted by molar-refractivity contribution is 0.324. The molecule has 0 bridgehead atoms. The van der Waals surface area contributed by atoms with Crippen molar-refractivity contribution in [3.05, 3.63) is 90.5 Å². The Kier molecular flexibility index (Phi) is 8.34. The molecule has 46 heavy (non-hydrogen) atoms. The van der Waals surface area contributed by atoms with E-state index in [1.807, 2.05) is 48.5 Å². The summed E-state index contributed by atoms with van der Waals surface area (Å²) in [4.78, 5) is 25.5. The standard InChI is InChI=1S/C20H20N6O3.C11H8ClN5/c1-27-15-10-12(11-16(28-2)18(15)29-3)23-20-22-9-8-17(25-20)26-14-7-5-4-6-13(14)24-19(26)21;12-10-14-6-5-9(16-10)17-8-4-2-1-3-7(8)15-11(17)13/h4-11H,1-3H3,(H2,21,24)(H,22,23,25);1-6H,(H2,13,15). The minimum atomic E-state index is 0.180. The normalized spacial score (nSPS) is 10.8. The number of halogens is 1. The average molecular weight is 638 g/mol. The molecule has 0 saturated carbocycles. The number of nitrogen functional groups attached to an aromatic ring is 2. The smallest absolute Gasteiger partial charge is 0.229 e. The molecule has 0 fully saturated rings. The maximum atomic E-state index is 6.12. The number of para-hydroxylation sites is 4. The second kappa shape index (κ2) is 12.8. The Labute approximate surface area is 267 Å². The molecule has 4 aromatic heterocycles. The van der Waals surface area contributed by atoms with E-state index < -0.39 is 0 Å². The van der Waals surface area contributed by atoms with Gasteiger partial charge in [0.2, 0.25) is 28.9 Å². The first-order chi connectivity index (χ1) is 22.4. The number of benzene rings is 3. The van der Waals surface area contributed by atoms with Gasteiger partial charge in [-0.3, -0.25) is 9.13 Å². The van der Waals surface area contributed by atoms with Crippen molar-refractivity contribution < 1.29 is 14.2 Å². The van der Waals surface area contributed by atoms with Crippen molar-refractivity contribution in [2.45, 2.75) is 0 Å². The Morgan fingerprint density at radius 1 is 0.652 bits per heavy atom. The Morgan fingerprint density at radius 2 is 1.17 bits per heavy atom. The molecule has 7 aromatic rings. The predicted molar refractivity (Wildman–Crippen MR) is 177 cm³/mol. The number of rotatable bonds is 7. The molecule has 0 saturated heterocycles. The van der Waals surface area contributed by atoms with Crippen molar-refractivity contribution in [2.24, 2.45) is 0 Å². The number of aromatic nitrogens is 8. The largest absolute Gasteiger partial charge is 0.493 e. The van der Waals surface area contributed by atoms with Gasteiger partial charge in [-0.1, -0.05) is 24.3 Å². The molecule has 4 heterocycles. The third-order valence-electron chi connectivity index (χ3n) is 6.80. The van der Waals surface area contributed by atoms with Crippen LogP contribution in [0.3, 0.4) is 0 Å². The second-order valence-corrected chi connectivity index (χ2v) is 9.89. The summed E-state index contributed by atoms with van der Waals surface area (Å²) in [5.41, 5.74) is 16.0. The van der Waals surface area contributed by atoms with E-state index in [2.05, 4.69) is 35.2 Å². The van der Waals surface area contributed by atoms with Gasteiger partial charge in [0.25, 0.3) is 0 Å². The molecule has 0 aliphatic carbocycles. The van der Waals surface area contributed by atoms with Gasteiger partial charge < -0.3 is 31.0 Å². The molecule has 232 valence electrons. The lowest BCUT2D eigenvalue weighted by atomic mass is 10.2. The van der Waals surface area contributed by atoms with Crippen molar-refractivity contribution in [3.8, 4) is 28.9 Å². The molecule has 0 radical (unpaired) electrons. The van der Waals surface area contributed by atoms with Crippen LogP contribution in [0.2, 0.25) is 5.28 Å². The van der Waals surface area contributed by atoms with E-state index in [1.54, 1.807) is 67.1 Å². The van der Waals surface area contributed by atoms with Gasteiger partial charge in [-0.15, -0.1) is 0 Å². The van der Waals surface area contributed by atoms with Gasteiger partial charge in [-0.05, 0) is 41.9 Å². The van der Waals surface area contributed by atoms with Crippen molar-refractivity contribution in [2.75, 3.05) is 38.1 Å². The number of imidazole rings is 2. The van der Waals surface area contributed by atoms with Gasteiger partial charge in [-0.2, -0.15) is 9.97 Å². The van der Waals surface area contributed by atoms with E-state index in [-0.39, 0.29) is 5.28 Å². The molecular formula is C31H28ClN11O3. The number of nitrogens with two attached hydrogens (primary N) is 2. The number of hydrogen-bond donors (Lipinski definition) is 3. The number of fused-ring (bicyclic) bond motifs is 2. The zero-order valence-corrected chi connectivity index (χ0v) is 25.7. The Hall–Kier alpha value is -6.15. The highest BCUT2D eigenvalue weighted by Crippen LogP contribution is 2.40. The highest BCUT2D eigenvalue weighted by Gasteiger charge is 2.15. The molecular weight excluding hydrogens is 610 g/mol. The van der Waals surface area contributed by atoms with Crippen LogP contribution in [0.1, 0.15) is 0 Å². The maximum Gasteiger partial charge on any atom is 0.229 e. The van der Waals surface area contributed by atoms with Crippen molar-refractivity contribution >= 4 is 57.2 Å². The molecule has 0 atom stereocenters.